The average Bonchev–Trinajstić information content (AvgIpc) is 2.98. The van der Waals surface area contributed by atoms with Crippen molar-refractivity contribution in [3.05, 3.63) is 5.89 Å². The Kier molecular flexibility index (Phi) is 3.36. The molecule has 0 N–H and O–H groups in total. The van der Waals surface area contributed by atoms with E-state index >= 15 is 0 Å². The maximum absolute atomic E-state index is 12.0. The van der Waals surface area contributed by atoms with Crippen LogP contribution >= 0.6 is 11.8 Å². The number of ketones is 1. The average molecular weight is 332 g/mol. The fourth-order valence-electron chi connectivity index (χ4n) is 6.04. The summed E-state index contributed by atoms with van der Waals surface area (Å²) in [6.45, 7) is 0. The molecular weight excluding hydrogens is 308 g/mol. The fourth-order valence-corrected chi connectivity index (χ4v) is 7.03. The second kappa shape index (κ2) is 5.33. The van der Waals surface area contributed by atoms with E-state index in [4.69, 9.17) is 4.42 Å². The highest BCUT2D eigenvalue weighted by atomic mass is 32.2. The Morgan fingerprint density at radius 1 is 1.00 bits per heavy atom. The summed E-state index contributed by atoms with van der Waals surface area (Å²) < 4.78 is 6.11. The first-order valence-electron chi connectivity index (χ1n) is 9.23. The first-order chi connectivity index (χ1) is 11.2. The highest BCUT2D eigenvalue weighted by Crippen LogP contribution is 2.60. The predicted octanol–water partition coefficient (Wildman–Crippen LogP) is 4.14. The molecule has 0 saturated heterocycles. The van der Waals surface area contributed by atoms with Gasteiger partial charge in [0.05, 0.1) is 5.25 Å². The summed E-state index contributed by atoms with van der Waals surface area (Å²) in [5.74, 6) is 3.87. The molecule has 0 unspecified atom stereocenters. The van der Waals surface area contributed by atoms with Gasteiger partial charge in [-0.05, 0) is 69.1 Å². The van der Waals surface area contributed by atoms with Crippen molar-refractivity contribution in [2.45, 2.75) is 80.1 Å². The molecule has 5 aliphatic rings. The molecule has 1 aromatic heterocycles. The summed E-state index contributed by atoms with van der Waals surface area (Å²) in [7, 11) is 0. The first-order valence-corrected chi connectivity index (χ1v) is 10.1. The van der Waals surface area contributed by atoms with Crippen molar-refractivity contribution in [3.8, 4) is 0 Å². The standard InChI is InChI=1S/C18H24N2O2S/c21-14-3-1-2-4-15(14)23-17-20-19-16(22-17)18-8-11-5-12(9-18)7-13(6-11)10-18/h11-13,15H,1-10H2/t11?,12?,13?,15-,18?/m0/s1. The Morgan fingerprint density at radius 3 is 2.35 bits per heavy atom. The molecule has 0 aliphatic heterocycles. The largest absolute Gasteiger partial charge is 0.415 e. The highest BCUT2D eigenvalue weighted by Gasteiger charge is 2.54. The van der Waals surface area contributed by atoms with E-state index in [2.05, 4.69) is 10.2 Å². The smallest absolute Gasteiger partial charge is 0.277 e. The maximum atomic E-state index is 12.0. The molecule has 1 aromatic rings. The molecule has 5 fully saturated rings. The normalized spacial score (nSPS) is 42.3. The van der Waals surface area contributed by atoms with Crippen molar-refractivity contribution < 1.29 is 9.21 Å². The van der Waals surface area contributed by atoms with Crippen molar-refractivity contribution in [1.29, 1.82) is 0 Å². The molecule has 0 spiro atoms. The van der Waals surface area contributed by atoms with Gasteiger partial charge in [-0.25, -0.2) is 0 Å². The molecule has 4 nitrogen and oxygen atoms in total. The molecule has 5 saturated carbocycles. The number of hydrogen-bond donors (Lipinski definition) is 0. The van der Waals surface area contributed by atoms with Gasteiger partial charge in [0, 0.05) is 11.8 Å². The number of thioether (sulfide) groups is 1. The summed E-state index contributed by atoms with van der Waals surface area (Å²) in [6.07, 6.45) is 11.8. The topological polar surface area (TPSA) is 56.0 Å². The van der Waals surface area contributed by atoms with Crippen LogP contribution in [0.25, 0.3) is 0 Å². The monoisotopic (exact) mass is 332 g/mol. The Bertz CT molecular complexity index is 591. The number of aromatic nitrogens is 2. The van der Waals surface area contributed by atoms with Gasteiger partial charge in [0.2, 0.25) is 5.89 Å². The molecule has 0 aromatic carbocycles. The minimum Gasteiger partial charge on any atom is -0.415 e. The van der Waals surface area contributed by atoms with E-state index in [9.17, 15) is 4.79 Å². The summed E-state index contributed by atoms with van der Waals surface area (Å²) in [4.78, 5) is 12.0. The molecule has 1 heterocycles. The molecule has 124 valence electrons. The van der Waals surface area contributed by atoms with E-state index in [1.165, 1.54) is 50.3 Å². The molecule has 0 radical (unpaired) electrons. The number of rotatable bonds is 3. The molecule has 6 rings (SSSR count). The van der Waals surface area contributed by atoms with Gasteiger partial charge >= 0.3 is 0 Å². The second-order valence-corrected chi connectivity index (χ2v) is 9.54. The van der Waals surface area contributed by atoms with Crippen LogP contribution < -0.4 is 0 Å². The molecular formula is C18H24N2O2S. The SMILES string of the molecule is O=C1CCCC[C@@H]1Sc1nnc(C23CC4CC(CC(C4)C2)C3)o1. The quantitative estimate of drug-likeness (QED) is 0.832. The molecule has 1 atom stereocenters. The van der Waals surface area contributed by atoms with E-state index in [0.717, 1.165) is 42.9 Å². The van der Waals surface area contributed by atoms with E-state index in [1.54, 1.807) is 0 Å². The van der Waals surface area contributed by atoms with Crippen LogP contribution in [0.2, 0.25) is 0 Å². The second-order valence-electron chi connectivity index (χ2n) is 8.39. The lowest BCUT2D eigenvalue weighted by Crippen LogP contribution is -2.48. The van der Waals surface area contributed by atoms with Gasteiger partial charge in [0.15, 0.2) is 0 Å². The summed E-state index contributed by atoms with van der Waals surface area (Å²) in [5, 5.41) is 9.40. The Hall–Kier alpha value is -0.840. The van der Waals surface area contributed by atoms with Gasteiger partial charge in [0.25, 0.3) is 5.22 Å². The van der Waals surface area contributed by atoms with E-state index < -0.39 is 0 Å². The van der Waals surface area contributed by atoms with Crippen molar-refractivity contribution in [3.63, 3.8) is 0 Å². The van der Waals surface area contributed by atoms with Crippen LogP contribution in [-0.2, 0) is 10.2 Å². The maximum Gasteiger partial charge on any atom is 0.277 e. The minimum atomic E-state index is 0.0356. The van der Waals surface area contributed by atoms with Gasteiger partial charge in [-0.1, -0.05) is 18.2 Å². The van der Waals surface area contributed by atoms with Crippen LogP contribution in [0, 0.1) is 17.8 Å². The molecule has 5 heteroatoms. The first kappa shape index (κ1) is 14.5. The van der Waals surface area contributed by atoms with Crippen molar-refractivity contribution in [2.75, 3.05) is 0 Å². The number of carbonyl (C=O) groups is 1. The summed E-state index contributed by atoms with van der Waals surface area (Å²) in [6, 6.07) is 0. The highest BCUT2D eigenvalue weighted by molar-refractivity contribution is 8.00. The van der Waals surface area contributed by atoms with E-state index in [1.807, 2.05) is 0 Å². The minimum absolute atomic E-state index is 0.0356. The Morgan fingerprint density at radius 2 is 1.70 bits per heavy atom. The van der Waals surface area contributed by atoms with Crippen LogP contribution in [0.15, 0.2) is 9.64 Å². The third-order valence-electron chi connectivity index (χ3n) is 6.64. The summed E-state index contributed by atoms with van der Waals surface area (Å²) >= 11 is 1.51. The van der Waals surface area contributed by atoms with Crippen LogP contribution in [0.5, 0.6) is 0 Å². The number of Topliss-reactive ketones (excluding diaryl/α,β-unsaturated/α-hetero) is 1. The van der Waals surface area contributed by atoms with Crippen molar-refractivity contribution in [1.82, 2.24) is 10.2 Å². The lowest BCUT2D eigenvalue weighted by molar-refractivity contribution is -0.119. The summed E-state index contributed by atoms with van der Waals surface area (Å²) in [5.41, 5.74) is 0.164. The predicted molar refractivity (Wildman–Crippen MR) is 87.3 cm³/mol. The van der Waals surface area contributed by atoms with Gasteiger partial charge in [-0.2, -0.15) is 0 Å². The molecule has 5 aliphatic carbocycles. The fraction of sp³-hybridized carbons (Fsp3) is 0.833. The zero-order chi connectivity index (χ0) is 15.4. The number of carbonyl (C=O) groups excluding carboxylic acids is 1. The Balaban J connectivity index is 1.36. The molecule has 23 heavy (non-hydrogen) atoms. The molecule has 0 amide bonds. The van der Waals surface area contributed by atoms with Gasteiger partial charge in [-0.15, -0.1) is 10.2 Å². The zero-order valence-corrected chi connectivity index (χ0v) is 14.3. The van der Waals surface area contributed by atoms with Crippen LogP contribution in [0.3, 0.4) is 0 Å². The third kappa shape index (κ3) is 2.46. The van der Waals surface area contributed by atoms with Crippen molar-refractivity contribution in [2.24, 2.45) is 17.8 Å². The van der Waals surface area contributed by atoms with Crippen LogP contribution in [0.1, 0.15) is 70.1 Å². The van der Waals surface area contributed by atoms with Crippen molar-refractivity contribution >= 4 is 17.5 Å². The lowest BCUT2D eigenvalue weighted by atomic mass is 9.49. The molecule has 4 bridgehead atoms. The van der Waals surface area contributed by atoms with Gasteiger partial charge in [-0.3, -0.25) is 4.79 Å². The van der Waals surface area contributed by atoms with Crippen LogP contribution in [0.4, 0.5) is 0 Å². The van der Waals surface area contributed by atoms with Crippen LogP contribution in [-0.4, -0.2) is 21.2 Å². The number of nitrogens with zero attached hydrogens (tertiary/aromatic N) is 2. The lowest BCUT2D eigenvalue weighted by Gasteiger charge is -2.55. The van der Waals surface area contributed by atoms with Gasteiger partial charge in [0.1, 0.15) is 5.78 Å². The Labute approximate surface area is 141 Å². The van der Waals surface area contributed by atoms with E-state index in [0.29, 0.717) is 17.4 Å². The zero-order valence-electron chi connectivity index (χ0n) is 13.5. The number of hydrogen-bond acceptors (Lipinski definition) is 5. The third-order valence-corrected chi connectivity index (χ3v) is 7.79. The van der Waals surface area contributed by atoms with E-state index in [-0.39, 0.29) is 10.7 Å². The van der Waals surface area contributed by atoms with Gasteiger partial charge < -0.3 is 4.42 Å².